The summed E-state index contributed by atoms with van der Waals surface area (Å²) in [5, 5.41) is 2.79. The minimum absolute atomic E-state index is 0.0645. The lowest BCUT2D eigenvalue weighted by Crippen LogP contribution is -2.42. The summed E-state index contributed by atoms with van der Waals surface area (Å²) in [5.74, 6) is -1.65. The second kappa shape index (κ2) is 6.36. The molecule has 2 unspecified atom stereocenters. The summed E-state index contributed by atoms with van der Waals surface area (Å²) in [7, 11) is 0. The number of primary amides is 1. The Morgan fingerprint density at radius 2 is 1.79 bits per heavy atom. The van der Waals surface area contributed by atoms with Crippen LogP contribution in [0, 0.1) is 5.41 Å². The number of hydrogen-bond donors (Lipinski definition) is 2. The summed E-state index contributed by atoms with van der Waals surface area (Å²) in [5.41, 5.74) is 5.37. The Balaban J connectivity index is 2.02. The predicted molar refractivity (Wildman–Crippen MR) is 96.6 cm³/mol. The lowest BCUT2D eigenvalue weighted by molar-refractivity contribution is -0.139. The second-order valence-corrected chi connectivity index (χ2v) is 7.42. The van der Waals surface area contributed by atoms with Crippen LogP contribution >= 0.6 is 0 Å². The summed E-state index contributed by atoms with van der Waals surface area (Å²) in [6, 6.07) is 10.3. The Morgan fingerprint density at radius 3 is 2.43 bits per heavy atom. The van der Waals surface area contributed by atoms with Gasteiger partial charge in [0, 0.05) is 18.0 Å². The SMILES string of the molecule is NC(=O)c1cccc2c1CCC1(CCNC1=O)C2c1ccccc1C(F)(F)F. The summed E-state index contributed by atoms with van der Waals surface area (Å²) < 4.78 is 41.4. The van der Waals surface area contributed by atoms with E-state index in [1.54, 1.807) is 24.3 Å². The van der Waals surface area contributed by atoms with E-state index in [0.717, 1.165) is 6.07 Å². The van der Waals surface area contributed by atoms with Crippen LogP contribution in [0.5, 0.6) is 0 Å². The van der Waals surface area contributed by atoms with Crippen LogP contribution in [-0.4, -0.2) is 18.4 Å². The smallest absolute Gasteiger partial charge is 0.366 e. The molecule has 1 heterocycles. The number of hydrogen-bond acceptors (Lipinski definition) is 2. The molecule has 4 nitrogen and oxygen atoms in total. The molecule has 146 valence electrons. The maximum absolute atomic E-state index is 13.8. The third-order valence-corrected chi connectivity index (χ3v) is 6.05. The van der Waals surface area contributed by atoms with E-state index in [1.807, 2.05) is 0 Å². The monoisotopic (exact) mass is 388 g/mol. The first-order valence-electron chi connectivity index (χ1n) is 9.12. The van der Waals surface area contributed by atoms with Crippen molar-refractivity contribution in [2.75, 3.05) is 6.54 Å². The Kier molecular flexibility index (Phi) is 4.21. The number of nitrogens with two attached hydrogens (primary N) is 1. The van der Waals surface area contributed by atoms with E-state index in [0.29, 0.717) is 42.5 Å². The average Bonchev–Trinajstić information content (AvgIpc) is 3.01. The van der Waals surface area contributed by atoms with Crippen molar-refractivity contribution in [1.29, 1.82) is 0 Å². The largest absolute Gasteiger partial charge is 0.416 e. The fourth-order valence-corrected chi connectivity index (χ4v) is 4.85. The van der Waals surface area contributed by atoms with Crippen molar-refractivity contribution in [3.63, 3.8) is 0 Å². The lowest BCUT2D eigenvalue weighted by atomic mass is 9.59. The molecule has 1 aliphatic heterocycles. The molecule has 0 radical (unpaired) electrons. The molecule has 3 N–H and O–H groups in total. The van der Waals surface area contributed by atoms with Crippen molar-refractivity contribution in [2.24, 2.45) is 11.1 Å². The van der Waals surface area contributed by atoms with Crippen molar-refractivity contribution < 1.29 is 22.8 Å². The molecule has 1 fully saturated rings. The minimum atomic E-state index is -4.55. The molecule has 1 saturated heterocycles. The van der Waals surface area contributed by atoms with Crippen LogP contribution in [0.15, 0.2) is 42.5 Å². The maximum Gasteiger partial charge on any atom is 0.416 e. The number of nitrogens with one attached hydrogen (secondary N) is 1. The van der Waals surface area contributed by atoms with E-state index < -0.39 is 29.0 Å². The van der Waals surface area contributed by atoms with Crippen LogP contribution in [0.2, 0.25) is 0 Å². The van der Waals surface area contributed by atoms with Gasteiger partial charge < -0.3 is 11.1 Å². The Labute approximate surface area is 159 Å². The molecule has 1 aliphatic carbocycles. The fraction of sp³-hybridized carbons (Fsp3) is 0.333. The summed E-state index contributed by atoms with van der Waals surface area (Å²) in [6.07, 6.45) is -3.31. The first kappa shape index (κ1) is 18.5. The zero-order valence-electron chi connectivity index (χ0n) is 15.0. The molecular formula is C21H19F3N2O2. The van der Waals surface area contributed by atoms with Crippen molar-refractivity contribution in [3.05, 3.63) is 70.3 Å². The highest BCUT2D eigenvalue weighted by Crippen LogP contribution is 2.55. The molecule has 1 spiro atoms. The predicted octanol–water partition coefficient (Wildman–Crippen LogP) is 3.39. The van der Waals surface area contributed by atoms with Gasteiger partial charge in [-0.05, 0) is 48.1 Å². The van der Waals surface area contributed by atoms with Crippen molar-refractivity contribution >= 4 is 11.8 Å². The van der Waals surface area contributed by atoms with Crippen LogP contribution in [-0.2, 0) is 17.4 Å². The maximum atomic E-state index is 13.8. The van der Waals surface area contributed by atoms with Gasteiger partial charge in [-0.15, -0.1) is 0 Å². The van der Waals surface area contributed by atoms with Crippen LogP contribution in [0.1, 0.15) is 51.4 Å². The molecule has 2 aliphatic rings. The van der Waals surface area contributed by atoms with Crippen molar-refractivity contribution in [1.82, 2.24) is 5.32 Å². The first-order chi connectivity index (χ1) is 13.3. The van der Waals surface area contributed by atoms with Gasteiger partial charge in [0.15, 0.2) is 0 Å². The number of amides is 2. The quantitative estimate of drug-likeness (QED) is 0.828. The van der Waals surface area contributed by atoms with Gasteiger partial charge in [0.1, 0.15) is 0 Å². The number of carbonyl (C=O) groups is 2. The third-order valence-electron chi connectivity index (χ3n) is 6.05. The first-order valence-corrected chi connectivity index (χ1v) is 9.12. The second-order valence-electron chi connectivity index (χ2n) is 7.42. The van der Waals surface area contributed by atoms with Gasteiger partial charge in [-0.3, -0.25) is 9.59 Å². The molecule has 2 aromatic rings. The highest BCUT2D eigenvalue weighted by Gasteiger charge is 2.54. The number of carbonyl (C=O) groups excluding carboxylic acids is 2. The van der Waals surface area contributed by atoms with Crippen molar-refractivity contribution in [3.8, 4) is 0 Å². The molecule has 7 heteroatoms. The molecule has 2 amide bonds. The van der Waals surface area contributed by atoms with Gasteiger partial charge in [0.2, 0.25) is 11.8 Å². The number of rotatable bonds is 2. The standard InChI is InChI=1S/C21H19F3N2O2/c22-21(23,24)16-7-2-1-4-15(16)17-13-5-3-6-14(18(25)27)12(13)8-9-20(17)10-11-26-19(20)28/h1-7,17H,8-11H2,(H2,25,27)(H,26,28). The zero-order chi connectivity index (χ0) is 20.1. The molecule has 0 aromatic heterocycles. The molecule has 2 aromatic carbocycles. The third kappa shape index (κ3) is 2.68. The van der Waals surface area contributed by atoms with Crippen molar-refractivity contribution in [2.45, 2.75) is 31.4 Å². The van der Waals surface area contributed by atoms with Gasteiger partial charge in [0.25, 0.3) is 0 Å². The number of fused-ring (bicyclic) bond motifs is 1. The lowest BCUT2D eigenvalue weighted by Gasteiger charge is -2.42. The highest BCUT2D eigenvalue weighted by molar-refractivity contribution is 5.95. The Bertz CT molecular complexity index is 970. The number of benzene rings is 2. The minimum Gasteiger partial charge on any atom is -0.366 e. The summed E-state index contributed by atoms with van der Waals surface area (Å²) in [4.78, 5) is 24.7. The van der Waals surface area contributed by atoms with E-state index in [1.165, 1.54) is 12.1 Å². The molecular weight excluding hydrogens is 369 g/mol. The zero-order valence-corrected chi connectivity index (χ0v) is 15.0. The molecule has 0 bridgehead atoms. The van der Waals surface area contributed by atoms with Gasteiger partial charge >= 0.3 is 6.18 Å². The molecule has 4 rings (SSSR count). The van der Waals surface area contributed by atoms with Crippen LogP contribution in [0.4, 0.5) is 13.2 Å². The molecule has 0 saturated carbocycles. The van der Waals surface area contributed by atoms with E-state index in [-0.39, 0.29) is 11.5 Å². The fourth-order valence-electron chi connectivity index (χ4n) is 4.85. The van der Waals surface area contributed by atoms with Gasteiger partial charge in [-0.2, -0.15) is 13.2 Å². The van der Waals surface area contributed by atoms with Gasteiger partial charge in [0.05, 0.1) is 11.0 Å². The Morgan fingerprint density at radius 1 is 1.07 bits per heavy atom. The van der Waals surface area contributed by atoms with E-state index in [9.17, 15) is 22.8 Å². The average molecular weight is 388 g/mol. The van der Waals surface area contributed by atoms with Crippen LogP contribution in [0.25, 0.3) is 0 Å². The van der Waals surface area contributed by atoms with E-state index in [4.69, 9.17) is 5.73 Å². The van der Waals surface area contributed by atoms with E-state index in [2.05, 4.69) is 5.32 Å². The van der Waals surface area contributed by atoms with Crippen LogP contribution < -0.4 is 11.1 Å². The molecule has 28 heavy (non-hydrogen) atoms. The number of alkyl halides is 3. The molecule has 2 atom stereocenters. The van der Waals surface area contributed by atoms with Gasteiger partial charge in [-0.25, -0.2) is 0 Å². The number of halogens is 3. The topological polar surface area (TPSA) is 72.2 Å². The van der Waals surface area contributed by atoms with Gasteiger partial charge in [-0.1, -0.05) is 30.3 Å². The van der Waals surface area contributed by atoms with Crippen LogP contribution in [0.3, 0.4) is 0 Å². The normalized spacial score (nSPS) is 24.1. The summed E-state index contributed by atoms with van der Waals surface area (Å²) >= 11 is 0. The Hall–Kier alpha value is -2.83. The van der Waals surface area contributed by atoms with E-state index >= 15 is 0 Å². The summed E-state index contributed by atoms with van der Waals surface area (Å²) in [6.45, 7) is 0.425. The highest BCUT2D eigenvalue weighted by atomic mass is 19.4.